The number of rotatable bonds is 4. The van der Waals surface area contributed by atoms with E-state index in [-0.39, 0.29) is 38.0 Å². The molecular formula is C14H16N6O5. The molecule has 3 rings (SSSR count). The van der Waals surface area contributed by atoms with Crippen molar-refractivity contribution in [2.45, 2.75) is 0 Å². The number of ether oxygens (including phenoxy) is 1. The summed E-state index contributed by atoms with van der Waals surface area (Å²) < 4.78 is 9.71. The van der Waals surface area contributed by atoms with Crippen molar-refractivity contribution in [2.75, 3.05) is 38.6 Å². The summed E-state index contributed by atoms with van der Waals surface area (Å²) in [4.78, 5) is 42.3. The number of esters is 1. The molecule has 1 aliphatic rings. The molecule has 0 aliphatic carbocycles. The minimum Gasteiger partial charge on any atom is -0.468 e. The van der Waals surface area contributed by atoms with Gasteiger partial charge in [-0.05, 0) is 12.1 Å². The van der Waals surface area contributed by atoms with Crippen LogP contribution in [0.15, 0.2) is 22.8 Å². The number of methoxy groups -OCH3 is 1. The summed E-state index contributed by atoms with van der Waals surface area (Å²) in [5.41, 5.74) is 0. The third kappa shape index (κ3) is 3.76. The van der Waals surface area contributed by atoms with Gasteiger partial charge >= 0.3 is 12.0 Å². The number of nitrogens with one attached hydrogen (secondary N) is 2. The first-order chi connectivity index (χ1) is 12.1. The Morgan fingerprint density at radius 2 is 2.28 bits per heavy atom. The van der Waals surface area contributed by atoms with Gasteiger partial charge in [0, 0.05) is 13.1 Å². The topological polar surface area (TPSA) is 134 Å². The maximum absolute atomic E-state index is 12.2. The Morgan fingerprint density at radius 1 is 1.44 bits per heavy atom. The number of aromatic amines is 1. The number of H-pyrrole nitrogens is 1. The smallest absolute Gasteiger partial charge is 0.325 e. The highest BCUT2D eigenvalue weighted by molar-refractivity contribution is 5.92. The number of aromatic nitrogens is 3. The number of carbonyl (C=O) groups excluding carboxylic acids is 3. The quantitative estimate of drug-likeness (QED) is 0.738. The normalized spacial score (nSPS) is 14.5. The van der Waals surface area contributed by atoms with Crippen molar-refractivity contribution in [3.63, 3.8) is 0 Å². The number of amides is 3. The molecule has 0 aromatic carbocycles. The van der Waals surface area contributed by atoms with Crippen LogP contribution in [0.3, 0.4) is 0 Å². The SMILES string of the molecule is COC(=O)CN1CCN(C(=O)Nc2n[nH]c(-c3ccco3)n2)CC1=O. The van der Waals surface area contributed by atoms with Crippen LogP contribution in [-0.2, 0) is 14.3 Å². The lowest BCUT2D eigenvalue weighted by molar-refractivity contribution is -0.148. The van der Waals surface area contributed by atoms with E-state index in [1.54, 1.807) is 12.1 Å². The van der Waals surface area contributed by atoms with E-state index in [0.29, 0.717) is 11.6 Å². The molecule has 132 valence electrons. The minimum absolute atomic E-state index is 0.0702. The van der Waals surface area contributed by atoms with Gasteiger partial charge in [-0.15, -0.1) is 5.10 Å². The predicted molar refractivity (Wildman–Crippen MR) is 83.3 cm³/mol. The van der Waals surface area contributed by atoms with Crippen molar-refractivity contribution in [2.24, 2.45) is 0 Å². The Bertz CT molecular complexity index is 771. The van der Waals surface area contributed by atoms with Gasteiger partial charge in [0.05, 0.1) is 13.4 Å². The fourth-order valence-electron chi connectivity index (χ4n) is 2.29. The van der Waals surface area contributed by atoms with Gasteiger partial charge in [0.15, 0.2) is 11.6 Å². The Labute approximate surface area is 141 Å². The second-order valence-corrected chi connectivity index (χ2v) is 5.23. The Morgan fingerprint density at radius 3 is 2.96 bits per heavy atom. The maximum Gasteiger partial charge on any atom is 0.325 e. The molecule has 3 heterocycles. The van der Waals surface area contributed by atoms with Gasteiger partial charge in [-0.25, -0.2) is 4.79 Å². The van der Waals surface area contributed by atoms with Gasteiger partial charge in [0.25, 0.3) is 5.95 Å². The third-order valence-corrected chi connectivity index (χ3v) is 3.61. The fraction of sp³-hybridized carbons (Fsp3) is 0.357. The number of hydrogen-bond acceptors (Lipinski definition) is 7. The first-order valence-electron chi connectivity index (χ1n) is 7.43. The molecule has 1 aliphatic heterocycles. The monoisotopic (exact) mass is 348 g/mol. The average Bonchev–Trinajstić information content (AvgIpc) is 3.27. The summed E-state index contributed by atoms with van der Waals surface area (Å²) in [6, 6.07) is 2.90. The van der Waals surface area contributed by atoms with E-state index in [1.807, 2.05) is 0 Å². The van der Waals surface area contributed by atoms with Crippen molar-refractivity contribution >= 4 is 23.9 Å². The van der Waals surface area contributed by atoms with Crippen LogP contribution in [-0.4, -0.2) is 76.2 Å². The molecule has 2 aromatic heterocycles. The number of anilines is 1. The van der Waals surface area contributed by atoms with E-state index in [0.717, 1.165) is 0 Å². The van der Waals surface area contributed by atoms with Crippen LogP contribution >= 0.6 is 0 Å². The lowest BCUT2D eigenvalue weighted by Crippen LogP contribution is -2.54. The molecule has 11 heteroatoms. The summed E-state index contributed by atoms with van der Waals surface area (Å²) in [5, 5.41) is 9.04. The van der Waals surface area contributed by atoms with E-state index >= 15 is 0 Å². The molecule has 1 saturated heterocycles. The van der Waals surface area contributed by atoms with Gasteiger partial charge in [-0.1, -0.05) is 0 Å². The van der Waals surface area contributed by atoms with Gasteiger partial charge in [-0.3, -0.25) is 20.0 Å². The lowest BCUT2D eigenvalue weighted by atomic mass is 10.3. The highest BCUT2D eigenvalue weighted by Crippen LogP contribution is 2.16. The first-order valence-corrected chi connectivity index (χ1v) is 7.43. The molecule has 2 aromatic rings. The van der Waals surface area contributed by atoms with Crippen molar-refractivity contribution in [1.82, 2.24) is 25.0 Å². The van der Waals surface area contributed by atoms with Crippen LogP contribution in [0.4, 0.5) is 10.7 Å². The van der Waals surface area contributed by atoms with Crippen LogP contribution in [0.25, 0.3) is 11.6 Å². The first kappa shape index (κ1) is 16.5. The Balaban J connectivity index is 1.56. The van der Waals surface area contributed by atoms with Crippen LogP contribution in [0, 0.1) is 0 Å². The molecular weight excluding hydrogens is 332 g/mol. The largest absolute Gasteiger partial charge is 0.468 e. The van der Waals surface area contributed by atoms with Crippen LogP contribution < -0.4 is 5.32 Å². The molecule has 25 heavy (non-hydrogen) atoms. The molecule has 0 spiro atoms. The van der Waals surface area contributed by atoms with E-state index in [1.165, 1.54) is 23.2 Å². The minimum atomic E-state index is -0.504. The summed E-state index contributed by atoms with van der Waals surface area (Å²) in [6.45, 7) is 0.257. The van der Waals surface area contributed by atoms with Crippen molar-refractivity contribution < 1.29 is 23.5 Å². The van der Waals surface area contributed by atoms with Crippen LogP contribution in [0.2, 0.25) is 0 Å². The standard InChI is InChI=1S/C14H16N6O5/c1-24-11(22)8-19-4-5-20(7-10(19)21)14(23)16-13-15-12(17-18-13)9-3-2-6-25-9/h2-3,6H,4-5,7-8H2,1H3,(H2,15,16,17,18,23). The Hall–Kier alpha value is -3.37. The zero-order valence-electron chi connectivity index (χ0n) is 13.4. The molecule has 11 nitrogen and oxygen atoms in total. The molecule has 3 amide bonds. The zero-order valence-corrected chi connectivity index (χ0v) is 13.4. The van der Waals surface area contributed by atoms with Gasteiger partial charge < -0.3 is 19.0 Å². The molecule has 0 radical (unpaired) electrons. The number of furan rings is 1. The van der Waals surface area contributed by atoms with E-state index in [2.05, 4.69) is 25.2 Å². The number of urea groups is 1. The predicted octanol–water partition coefficient (Wildman–Crippen LogP) is -0.0862. The van der Waals surface area contributed by atoms with Crippen LogP contribution in [0.5, 0.6) is 0 Å². The Kier molecular flexibility index (Phi) is 4.64. The van der Waals surface area contributed by atoms with Gasteiger partial charge in [-0.2, -0.15) is 4.98 Å². The number of nitrogens with zero attached hydrogens (tertiary/aromatic N) is 4. The third-order valence-electron chi connectivity index (χ3n) is 3.61. The van der Waals surface area contributed by atoms with E-state index in [4.69, 9.17) is 4.42 Å². The molecule has 0 atom stereocenters. The van der Waals surface area contributed by atoms with Crippen molar-refractivity contribution in [3.8, 4) is 11.6 Å². The lowest BCUT2D eigenvalue weighted by Gasteiger charge is -2.33. The fourth-order valence-corrected chi connectivity index (χ4v) is 2.29. The summed E-state index contributed by atoms with van der Waals surface area (Å²) in [7, 11) is 1.25. The van der Waals surface area contributed by atoms with Gasteiger partial charge in [0.2, 0.25) is 5.91 Å². The summed E-state index contributed by atoms with van der Waals surface area (Å²) in [5.74, 6) is 0.0928. The zero-order chi connectivity index (χ0) is 17.8. The molecule has 1 fully saturated rings. The second-order valence-electron chi connectivity index (χ2n) is 5.23. The molecule has 0 saturated carbocycles. The maximum atomic E-state index is 12.2. The molecule has 0 unspecified atom stereocenters. The highest BCUT2D eigenvalue weighted by Gasteiger charge is 2.29. The number of carbonyl (C=O) groups is 3. The van der Waals surface area contributed by atoms with E-state index < -0.39 is 12.0 Å². The summed E-state index contributed by atoms with van der Waals surface area (Å²) >= 11 is 0. The summed E-state index contributed by atoms with van der Waals surface area (Å²) in [6.07, 6.45) is 1.50. The molecule has 2 N–H and O–H groups in total. The van der Waals surface area contributed by atoms with Crippen LogP contribution in [0.1, 0.15) is 0 Å². The van der Waals surface area contributed by atoms with Crippen molar-refractivity contribution in [1.29, 1.82) is 0 Å². The van der Waals surface area contributed by atoms with Gasteiger partial charge in [0.1, 0.15) is 13.1 Å². The van der Waals surface area contributed by atoms with Crippen molar-refractivity contribution in [3.05, 3.63) is 18.4 Å². The number of hydrogen-bond donors (Lipinski definition) is 2. The number of piperazine rings is 1. The highest BCUT2D eigenvalue weighted by atomic mass is 16.5. The molecule has 0 bridgehead atoms. The van der Waals surface area contributed by atoms with E-state index in [9.17, 15) is 14.4 Å². The second kappa shape index (κ2) is 7.03. The average molecular weight is 348 g/mol.